The molecule has 1 atom stereocenters. The molecule has 2 N–H and O–H groups in total. The summed E-state index contributed by atoms with van der Waals surface area (Å²) in [6.07, 6.45) is 8.52. The summed E-state index contributed by atoms with van der Waals surface area (Å²) in [5.41, 5.74) is 2.87. The summed E-state index contributed by atoms with van der Waals surface area (Å²) >= 11 is 0. The van der Waals surface area contributed by atoms with Gasteiger partial charge in [-0.15, -0.1) is 0 Å². The van der Waals surface area contributed by atoms with E-state index in [2.05, 4.69) is 55.2 Å². The highest BCUT2D eigenvalue weighted by molar-refractivity contribution is 5.82. The maximum atomic E-state index is 10.2. The summed E-state index contributed by atoms with van der Waals surface area (Å²) in [4.78, 5) is 18.4. The molecule has 0 spiro atoms. The lowest BCUT2D eigenvalue weighted by molar-refractivity contribution is 0.0939. The Labute approximate surface area is 153 Å². The molecule has 6 heteroatoms. The Morgan fingerprint density at radius 2 is 2.04 bits per heavy atom. The standard InChI is InChI=1S/C20H25N5O/c26-13-20(9-4-8-16-6-2-1-3-7-16)10-5-11-25(12-20)19-17-18(22-14-21-17)23-15-24-19/h1-3,6-7,14-15,26H,4-5,8-13H2,(H,21,22,23,24)/t20-/m1/s1. The number of rotatable bonds is 6. The number of H-pyrrole nitrogens is 1. The summed E-state index contributed by atoms with van der Waals surface area (Å²) in [5, 5.41) is 10.2. The fourth-order valence-corrected chi connectivity index (χ4v) is 4.11. The SMILES string of the molecule is OC[C@]1(CCCc2ccccc2)CCCN(c2ncnc3nc[nH]c23)C1. The second-order valence-corrected chi connectivity index (χ2v) is 7.32. The summed E-state index contributed by atoms with van der Waals surface area (Å²) < 4.78 is 0. The zero-order valence-corrected chi connectivity index (χ0v) is 14.9. The van der Waals surface area contributed by atoms with Crippen LogP contribution in [0, 0.1) is 5.41 Å². The molecule has 0 saturated carbocycles. The van der Waals surface area contributed by atoms with E-state index in [0.717, 1.165) is 56.5 Å². The molecule has 0 bridgehead atoms. The smallest absolute Gasteiger partial charge is 0.182 e. The van der Waals surface area contributed by atoms with E-state index in [1.807, 2.05) is 0 Å². The highest BCUT2D eigenvalue weighted by atomic mass is 16.3. The Morgan fingerprint density at radius 3 is 2.88 bits per heavy atom. The maximum Gasteiger partial charge on any atom is 0.182 e. The molecular formula is C20H25N5O. The molecule has 0 amide bonds. The number of benzene rings is 1. The van der Waals surface area contributed by atoms with Crippen molar-refractivity contribution in [1.82, 2.24) is 19.9 Å². The van der Waals surface area contributed by atoms with E-state index in [1.54, 1.807) is 12.7 Å². The van der Waals surface area contributed by atoms with Crippen molar-refractivity contribution in [3.05, 3.63) is 48.5 Å². The number of aromatic nitrogens is 4. The average Bonchev–Trinajstić information content (AvgIpc) is 3.18. The Morgan fingerprint density at radius 1 is 1.15 bits per heavy atom. The average molecular weight is 351 g/mol. The van der Waals surface area contributed by atoms with E-state index in [1.165, 1.54) is 5.56 Å². The first kappa shape index (κ1) is 17.0. The van der Waals surface area contributed by atoms with E-state index in [9.17, 15) is 5.11 Å². The van der Waals surface area contributed by atoms with Crippen LogP contribution in [0.2, 0.25) is 0 Å². The van der Waals surface area contributed by atoms with Crippen LogP contribution in [0.1, 0.15) is 31.2 Å². The van der Waals surface area contributed by atoms with Crippen LogP contribution in [0.25, 0.3) is 11.2 Å². The second-order valence-electron chi connectivity index (χ2n) is 7.32. The van der Waals surface area contributed by atoms with Crippen molar-refractivity contribution in [1.29, 1.82) is 0 Å². The predicted octanol–water partition coefficient (Wildman–Crippen LogP) is 2.95. The first-order valence-corrected chi connectivity index (χ1v) is 9.33. The fourth-order valence-electron chi connectivity index (χ4n) is 4.11. The van der Waals surface area contributed by atoms with E-state index in [-0.39, 0.29) is 12.0 Å². The predicted molar refractivity (Wildman–Crippen MR) is 102 cm³/mol. The van der Waals surface area contributed by atoms with Gasteiger partial charge in [0.25, 0.3) is 0 Å². The molecule has 1 aliphatic rings. The lowest BCUT2D eigenvalue weighted by Gasteiger charge is -2.42. The molecule has 0 aliphatic carbocycles. The van der Waals surface area contributed by atoms with Gasteiger partial charge in [0, 0.05) is 18.5 Å². The molecule has 0 radical (unpaired) electrons. The van der Waals surface area contributed by atoms with Gasteiger partial charge in [0.1, 0.15) is 11.8 Å². The molecule has 26 heavy (non-hydrogen) atoms. The third-order valence-electron chi connectivity index (χ3n) is 5.51. The molecule has 136 valence electrons. The third kappa shape index (κ3) is 3.42. The fraction of sp³-hybridized carbons (Fsp3) is 0.450. The zero-order chi connectivity index (χ0) is 17.8. The minimum Gasteiger partial charge on any atom is -0.396 e. The molecule has 1 saturated heterocycles. The van der Waals surface area contributed by atoms with Gasteiger partial charge in [-0.3, -0.25) is 0 Å². The molecule has 4 rings (SSSR count). The first-order valence-electron chi connectivity index (χ1n) is 9.33. The Hall–Kier alpha value is -2.47. The Balaban J connectivity index is 1.47. The minimum atomic E-state index is -0.0652. The van der Waals surface area contributed by atoms with Crippen molar-refractivity contribution >= 4 is 17.0 Å². The van der Waals surface area contributed by atoms with Gasteiger partial charge in [-0.1, -0.05) is 30.3 Å². The zero-order valence-electron chi connectivity index (χ0n) is 14.9. The van der Waals surface area contributed by atoms with Gasteiger partial charge < -0.3 is 15.0 Å². The molecule has 3 aromatic rings. The van der Waals surface area contributed by atoms with E-state index in [4.69, 9.17) is 0 Å². The number of aliphatic hydroxyl groups excluding tert-OH is 1. The highest BCUT2D eigenvalue weighted by Crippen LogP contribution is 2.37. The molecular weight excluding hydrogens is 326 g/mol. The van der Waals surface area contributed by atoms with Crippen LogP contribution in [0.15, 0.2) is 43.0 Å². The van der Waals surface area contributed by atoms with Gasteiger partial charge in [-0.2, -0.15) is 0 Å². The second kappa shape index (κ2) is 7.41. The van der Waals surface area contributed by atoms with Crippen LogP contribution >= 0.6 is 0 Å². The summed E-state index contributed by atoms with van der Waals surface area (Å²) in [6.45, 7) is 1.99. The lowest BCUT2D eigenvalue weighted by Crippen LogP contribution is -2.46. The first-order chi connectivity index (χ1) is 12.8. The highest BCUT2D eigenvalue weighted by Gasteiger charge is 2.35. The molecule has 3 heterocycles. The van der Waals surface area contributed by atoms with Crippen molar-refractivity contribution in [2.45, 2.75) is 32.1 Å². The number of aliphatic hydroxyl groups is 1. The Kier molecular flexibility index (Phi) is 4.84. The minimum absolute atomic E-state index is 0.0652. The van der Waals surface area contributed by atoms with Gasteiger partial charge in [0.15, 0.2) is 11.5 Å². The van der Waals surface area contributed by atoms with Crippen LogP contribution < -0.4 is 4.90 Å². The van der Waals surface area contributed by atoms with Crippen LogP contribution in [0.4, 0.5) is 5.82 Å². The summed E-state index contributed by atoms with van der Waals surface area (Å²) in [5.74, 6) is 0.896. The van der Waals surface area contributed by atoms with Crippen LogP contribution in [-0.2, 0) is 6.42 Å². The molecule has 1 aromatic carbocycles. The van der Waals surface area contributed by atoms with Crippen LogP contribution in [0.3, 0.4) is 0 Å². The number of piperidine rings is 1. The van der Waals surface area contributed by atoms with E-state index >= 15 is 0 Å². The number of aromatic amines is 1. The maximum absolute atomic E-state index is 10.2. The number of anilines is 1. The van der Waals surface area contributed by atoms with Crippen LogP contribution in [-0.4, -0.2) is 44.7 Å². The van der Waals surface area contributed by atoms with Crippen molar-refractivity contribution < 1.29 is 5.11 Å². The number of hydrogen-bond acceptors (Lipinski definition) is 5. The van der Waals surface area contributed by atoms with Crippen molar-refractivity contribution in [2.75, 3.05) is 24.6 Å². The Bertz CT molecular complexity index is 850. The van der Waals surface area contributed by atoms with Gasteiger partial charge in [0.05, 0.1) is 12.9 Å². The third-order valence-corrected chi connectivity index (χ3v) is 5.51. The normalized spacial score (nSPS) is 20.6. The molecule has 1 aliphatic heterocycles. The molecule has 1 fully saturated rings. The number of fused-ring (bicyclic) bond motifs is 1. The van der Waals surface area contributed by atoms with E-state index in [0.29, 0.717) is 5.65 Å². The quantitative estimate of drug-likeness (QED) is 0.714. The van der Waals surface area contributed by atoms with Crippen LogP contribution in [0.5, 0.6) is 0 Å². The lowest BCUT2D eigenvalue weighted by atomic mass is 9.76. The van der Waals surface area contributed by atoms with Crippen molar-refractivity contribution in [3.8, 4) is 0 Å². The number of aryl methyl sites for hydroxylation is 1. The number of nitrogens with one attached hydrogen (secondary N) is 1. The van der Waals surface area contributed by atoms with Gasteiger partial charge in [-0.25, -0.2) is 15.0 Å². The molecule has 0 unspecified atom stereocenters. The van der Waals surface area contributed by atoms with Gasteiger partial charge in [0.2, 0.25) is 0 Å². The number of imidazole rings is 1. The monoisotopic (exact) mass is 351 g/mol. The van der Waals surface area contributed by atoms with Gasteiger partial charge in [-0.05, 0) is 37.7 Å². The summed E-state index contributed by atoms with van der Waals surface area (Å²) in [6, 6.07) is 10.6. The van der Waals surface area contributed by atoms with Crippen molar-refractivity contribution in [2.24, 2.45) is 5.41 Å². The van der Waals surface area contributed by atoms with Gasteiger partial charge >= 0.3 is 0 Å². The van der Waals surface area contributed by atoms with E-state index < -0.39 is 0 Å². The van der Waals surface area contributed by atoms with Crippen molar-refractivity contribution in [3.63, 3.8) is 0 Å². The largest absolute Gasteiger partial charge is 0.396 e. The molecule has 2 aromatic heterocycles. The molecule has 6 nitrogen and oxygen atoms in total. The number of nitrogens with zero attached hydrogens (tertiary/aromatic N) is 4. The number of hydrogen-bond donors (Lipinski definition) is 2. The topological polar surface area (TPSA) is 77.9 Å². The summed E-state index contributed by atoms with van der Waals surface area (Å²) in [7, 11) is 0.